The van der Waals surface area contributed by atoms with Gasteiger partial charge in [-0.3, -0.25) is 24.2 Å². The van der Waals surface area contributed by atoms with Gasteiger partial charge in [-0.2, -0.15) is 0 Å². The van der Waals surface area contributed by atoms with Gasteiger partial charge < -0.3 is 10.5 Å². The van der Waals surface area contributed by atoms with Crippen molar-refractivity contribution < 1.29 is 19.1 Å². The Balaban J connectivity index is 1.33. The molecule has 0 bridgehead atoms. The lowest BCUT2D eigenvalue weighted by atomic mass is 10.1. The number of primary amides is 1. The van der Waals surface area contributed by atoms with Crippen molar-refractivity contribution >= 4 is 45.4 Å². The number of ketones is 1. The van der Waals surface area contributed by atoms with Crippen molar-refractivity contribution in [2.45, 2.75) is 31.4 Å². The minimum absolute atomic E-state index is 0.130. The van der Waals surface area contributed by atoms with E-state index in [0.29, 0.717) is 46.5 Å². The van der Waals surface area contributed by atoms with Crippen molar-refractivity contribution in [3.63, 3.8) is 0 Å². The Hall–Kier alpha value is -3.08. The quantitative estimate of drug-likeness (QED) is 0.512. The van der Waals surface area contributed by atoms with E-state index in [1.165, 1.54) is 22.7 Å². The maximum Gasteiger partial charge on any atom is 0.270 e. The molecule has 2 aliphatic heterocycles. The molecule has 3 aromatic rings. The zero-order valence-corrected chi connectivity index (χ0v) is 20.0. The van der Waals surface area contributed by atoms with Crippen LogP contribution in [-0.4, -0.2) is 53.2 Å². The molecule has 2 N–H and O–H groups in total. The summed E-state index contributed by atoms with van der Waals surface area (Å²) in [4.78, 5) is 46.8. The van der Waals surface area contributed by atoms with Crippen molar-refractivity contribution in [2.75, 3.05) is 24.5 Å². The van der Waals surface area contributed by atoms with Crippen molar-refractivity contribution in [1.29, 1.82) is 0 Å². The molecular weight excluding hydrogens is 472 g/mol. The van der Waals surface area contributed by atoms with Gasteiger partial charge in [0.05, 0.1) is 16.5 Å². The van der Waals surface area contributed by atoms with Crippen molar-refractivity contribution in [1.82, 2.24) is 9.88 Å². The summed E-state index contributed by atoms with van der Waals surface area (Å²) in [5, 5.41) is 4.17. The maximum absolute atomic E-state index is 13.3. The van der Waals surface area contributed by atoms with Gasteiger partial charge in [0, 0.05) is 18.5 Å². The third-order valence-corrected chi connectivity index (χ3v) is 7.88. The molecule has 4 heterocycles. The summed E-state index contributed by atoms with van der Waals surface area (Å²) >= 11 is 2.69. The number of benzene rings is 1. The van der Waals surface area contributed by atoms with Crippen LogP contribution in [0.1, 0.15) is 51.1 Å². The minimum Gasteiger partial charge on any atom is -0.475 e. The number of carbonyl (C=O) groups excluding carboxylic acids is 3. The van der Waals surface area contributed by atoms with Gasteiger partial charge in [0.25, 0.3) is 5.91 Å². The van der Waals surface area contributed by atoms with Gasteiger partial charge in [-0.05, 0) is 49.4 Å². The van der Waals surface area contributed by atoms with E-state index in [0.717, 1.165) is 19.4 Å². The number of nitrogens with zero attached hydrogens (tertiary/aromatic N) is 3. The van der Waals surface area contributed by atoms with Crippen LogP contribution in [-0.2, 0) is 4.79 Å². The molecule has 1 saturated heterocycles. The van der Waals surface area contributed by atoms with Gasteiger partial charge >= 0.3 is 0 Å². The Bertz CT molecular complexity index is 1210. The number of rotatable bonds is 8. The summed E-state index contributed by atoms with van der Waals surface area (Å²) in [5.41, 5.74) is 6.58. The summed E-state index contributed by atoms with van der Waals surface area (Å²) < 4.78 is 5.86. The van der Waals surface area contributed by atoms with E-state index in [-0.39, 0.29) is 23.6 Å². The summed E-state index contributed by atoms with van der Waals surface area (Å²) in [6.07, 6.45) is 1.59. The van der Waals surface area contributed by atoms with Gasteiger partial charge in [-0.15, -0.1) is 22.7 Å². The largest absolute Gasteiger partial charge is 0.475 e. The SMILES string of the molecule is NC(=O)C1CCCN1CCCN(C(=O)c1cccs1)c1nc(C2Oc3ccccc3C2=O)cs1. The second-order valence-corrected chi connectivity index (χ2v) is 10.1. The fourth-order valence-corrected chi connectivity index (χ4v) is 6.01. The number of Topliss-reactive ketones (excluding diaryl/α,β-unsaturated/α-hetero) is 1. The van der Waals surface area contributed by atoms with E-state index in [9.17, 15) is 14.4 Å². The first-order chi connectivity index (χ1) is 16.5. The van der Waals surface area contributed by atoms with Crippen LogP contribution in [0.15, 0.2) is 47.2 Å². The fraction of sp³-hybridized carbons (Fsp3) is 0.333. The molecule has 0 saturated carbocycles. The molecule has 176 valence electrons. The predicted octanol–water partition coefficient (Wildman–Crippen LogP) is 3.51. The molecule has 2 aromatic heterocycles. The summed E-state index contributed by atoms with van der Waals surface area (Å²) in [6.45, 7) is 1.93. The highest BCUT2D eigenvalue weighted by Gasteiger charge is 2.36. The molecule has 0 aliphatic carbocycles. The summed E-state index contributed by atoms with van der Waals surface area (Å²) in [6, 6.07) is 10.5. The first-order valence-corrected chi connectivity index (χ1v) is 12.9. The number of aromatic nitrogens is 1. The maximum atomic E-state index is 13.3. The Morgan fingerprint density at radius 3 is 2.82 bits per heavy atom. The minimum atomic E-state index is -0.804. The van der Waals surface area contributed by atoms with Crippen LogP contribution in [0, 0.1) is 0 Å². The Morgan fingerprint density at radius 2 is 2.06 bits per heavy atom. The smallest absolute Gasteiger partial charge is 0.270 e. The Morgan fingerprint density at radius 1 is 1.21 bits per heavy atom. The van der Waals surface area contributed by atoms with Crippen LogP contribution in [0.3, 0.4) is 0 Å². The number of thiazole rings is 1. The molecule has 1 aromatic carbocycles. The van der Waals surface area contributed by atoms with Crippen LogP contribution in [0.5, 0.6) is 5.75 Å². The standard InChI is InChI=1S/C24H24N4O4S2/c25-22(30)17-7-3-10-27(17)11-5-12-28(23(31)19-9-4-13-33-19)24-26-16(14-34-24)21-20(29)15-6-1-2-8-18(15)32-21/h1-2,4,6,8-9,13-14,17,21H,3,5,7,10-12H2,(H2,25,30). The fourth-order valence-electron chi connectivity index (χ4n) is 4.48. The second kappa shape index (κ2) is 9.65. The Labute approximate surface area is 205 Å². The first kappa shape index (κ1) is 22.7. The number of likely N-dealkylation sites (tertiary alicyclic amines) is 1. The topological polar surface area (TPSA) is 106 Å². The lowest BCUT2D eigenvalue weighted by Crippen LogP contribution is -2.42. The normalized spacial score (nSPS) is 19.7. The number of hydrogen-bond acceptors (Lipinski definition) is 8. The lowest BCUT2D eigenvalue weighted by Gasteiger charge is -2.24. The molecule has 2 unspecified atom stereocenters. The molecule has 2 amide bonds. The van der Waals surface area contributed by atoms with E-state index in [2.05, 4.69) is 9.88 Å². The summed E-state index contributed by atoms with van der Waals surface area (Å²) in [7, 11) is 0. The van der Waals surface area contributed by atoms with Crippen LogP contribution < -0.4 is 15.4 Å². The molecular formula is C24H24N4O4S2. The third-order valence-electron chi connectivity index (χ3n) is 6.14. The number of amides is 2. The average molecular weight is 497 g/mol. The van der Waals surface area contributed by atoms with E-state index in [1.54, 1.807) is 34.5 Å². The number of fused-ring (bicyclic) bond motifs is 1. The zero-order chi connectivity index (χ0) is 23.7. The monoisotopic (exact) mass is 496 g/mol. The lowest BCUT2D eigenvalue weighted by molar-refractivity contribution is -0.122. The number of nitrogens with two attached hydrogens (primary N) is 1. The van der Waals surface area contributed by atoms with E-state index in [1.807, 2.05) is 17.5 Å². The van der Waals surface area contributed by atoms with Crippen LogP contribution >= 0.6 is 22.7 Å². The van der Waals surface area contributed by atoms with Gasteiger partial charge in [0.2, 0.25) is 17.8 Å². The first-order valence-electron chi connectivity index (χ1n) is 11.2. The van der Waals surface area contributed by atoms with Gasteiger partial charge in [0.1, 0.15) is 11.4 Å². The highest BCUT2D eigenvalue weighted by atomic mass is 32.1. The van der Waals surface area contributed by atoms with Crippen LogP contribution in [0.4, 0.5) is 5.13 Å². The number of carbonyl (C=O) groups is 3. The van der Waals surface area contributed by atoms with Crippen LogP contribution in [0.2, 0.25) is 0 Å². The molecule has 5 rings (SSSR count). The highest BCUT2D eigenvalue weighted by Crippen LogP contribution is 2.38. The number of para-hydroxylation sites is 1. The molecule has 34 heavy (non-hydrogen) atoms. The van der Waals surface area contributed by atoms with Gasteiger partial charge in [-0.1, -0.05) is 18.2 Å². The van der Waals surface area contributed by atoms with Crippen molar-refractivity contribution in [2.24, 2.45) is 5.73 Å². The van der Waals surface area contributed by atoms with Crippen molar-refractivity contribution in [3.05, 3.63) is 63.3 Å². The molecule has 0 radical (unpaired) electrons. The third kappa shape index (κ3) is 4.36. The predicted molar refractivity (Wildman–Crippen MR) is 131 cm³/mol. The van der Waals surface area contributed by atoms with E-state index in [4.69, 9.17) is 10.5 Å². The molecule has 2 atom stereocenters. The summed E-state index contributed by atoms with van der Waals surface area (Å²) in [5.74, 6) is -0.00941. The number of hydrogen-bond donors (Lipinski definition) is 1. The zero-order valence-electron chi connectivity index (χ0n) is 18.4. The highest BCUT2D eigenvalue weighted by molar-refractivity contribution is 7.14. The van der Waals surface area contributed by atoms with Gasteiger partial charge in [-0.25, -0.2) is 4.98 Å². The molecule has 8 nitrogen and oxygen atoms in total. The average Bonchev–Trinajstić information content (AvgIpc) is 3.63. The number of anilines is 1. The van der Waals surface area contributed by atoms with Gasteiger partial charge in [0.15, 0.2) is 5.13 Å². The molecule has 1 fully saturated rings. The second-order valence-electron chi connectivity index (χ2n) is 8.30. The molecule has 0 spiro atoms. The van der Waals surface area contributed by atoms with Crippen LogP contribution in [0.25, 0.3) is 0 Å². The molecule has 2 aliphatic rings. The van der Waals surface area contributed by atoms with E-state index >= 15 is 0 Å². The van der Waals surface area contributed by atoms with Crippen molar-refractivity contribution in [3.8, 4) is 5.75 Å². The molecule has 10 heteroatoms. The Kier molecular flexibility index (Phi) is 6.44. The number of ether oxygens (including phenoxy) is 1. The van der Waals surface area contributed by atoms with E-state index < -0.39 is 6.10 Å². The number of thiophene rings is 1.